The quantitative estimate of drug-likeness (QED) is 0.829. The first-order valence-electron chi connectivity index (χ1n) is 7.24. The van der Waals surface area contributed by atoms with Gasteiger partial charge in [0.05, 0.1) is 0 Å². The zero-order chi connectivity index (χ0) is 13.1. The summed E-state index contributed by atoms with van der Waals surface area (Å²) in [5.74, 6) is 0.921. The highest BCUT2D eigenvalue weighted by molar-refractivity contribution is 5.49. The van der Waals surface area contributed by atoms with Crippen LogP contribution in [0.25, 0.3) is 0 Å². The van der Waals surface area contributed by atoms with Crippen LogP contribution >= 0.6 is 0 Å². The Kier molecular flexibility index (Phi) is 4.28. The van der Waals surface area contributed by atoms with Crippen molar-refractivity contribution >= 4 is 5.69 Å². The Hall–Kier alpha value is -1.02. The smallest absolute Gasteiger partial charge is 0.0368 e. The van der Waals surface area contributed by atoms with Crippen molar-refractivity contribution in [1.29, 1.82) is 0 Å². The molecule has 0 aromatic heterocycles. The molecule has 2 rings (SSSR count). The molecular formula is C16H26N2. The third-order valence-corrected chi connectivity index (χ3v) is 3.87. The molecule has 1 fully saturated rings. The van der Waals surface area contributed by atoms with Crippen LogP contribution in [0.2, 0.25) is 0 Å². The highest BCUT2D eigenvalue weighted by Crippen LogP contribution is 2.32. The van der Waals surface area contributed by atoms with Gasteiger partial charge in [0, 0.05) is 24.3 Å². The second-order valence-electron chi connectivity index (χ2n) is 5.80. The molecular weight excluding hydrogens is 220 g/mol. The monoisotopic (exact) mass is 246 g/mol. The van der Waals surface area contributed by atoms with E-state index in [1.54, 1.807) is 0 Å². The molecule has 1 aliphatic carbocycles. The second kappa shape index (κ2) is 5.75. The summed E-state index contributed by atoms with van der Waals surface area (Å²) >= 11 is 0. The van der Waals surface area contributed by atoms with E-state index in [1.807, 2.05) is 0 Å². The Morgan fingerprint density at radius 2 is 1.83 bits per heavy atom. The van der Waals surface area contributed by atoms with Crippen LogP contribution in [-0.2, 0) is 0 Å². The van der Waals surface area contributed by atoms with Crippen molar-refractivity contribution in [2.24, 2.45) is 11.7 Å². The summed E-state index contributed by atoms with van der Waals surface area (Å²) in [6.45, 7) is 7.88. The first kappa shape index (κ1) is 13.4. The molecule has 2 nitrogen and oxygen atoms in total. The van der Waals surface area contributed by atoms with Crippen LogP contribution in [0.15, 0.2) is 24.3 Å². The summed E-state index contributed by atoms with van der Waals surface area (Å²) in [6, 6.07) is 9.57. The van der Waals surface area contributed by atoms with E-state index in [-0.39, 0.29) is 6.04 Å². The molecule has 1 aromatic carbocycles. The number of nitrogens with zero attached hydrogens (tertiary/aromatic N) is 1. The Morgan fingerprint density at radius 1 is 1.22 bits per heavy atom. The average molecular weight is 246 g/mol. The highest BCUT2D eigenvalue weighted by Gasteiger charge is 2.25. The van der Waals surface area contributed by atoms with Crippen LogP contribution in [0.5, 0.6) is 0 Å². The van der Waals surface area contributed by atoms with E-state index in [0.717, 1.165) is 12.3 Å². The van der Waals surface area contributed by atoms with Crippen molar-refractivity contribution in [1.82, 2.24) is 0 Å². The van der Waals surface area contributed by atoms with Gasteiger partial charge in [-0.1, -0.05) is 19.1 Å². The van der Waals surface area contributed by atoms with Gasteiger partial charge >= 0.3 is 0 Å². The lowest BCUT2D eigenvalue weighted by molar-refractivity contribution is 0.644. The van der Waals surface area contributed by atoms with Crippen molar-refractivity contribution in [3.63, 3.8) is 0 Å². The molecule has 1 saturated carbocycles. The summed E-state index contributed by atoms with van der Waals surface area (Å²) < 4.78 is 0. The van der Waals surface area contributed by atoms with Gasteiger partial charge in [-0.3, -0.25) is 0 Å². The summed E-state index contributed by atoms with van der Waals surface area (Å²) in [5.41, 5.74) is 8.64. The van der Waals surface area contributed by atoms with Gasteiger partial charge in [0.15, 0.2) is 0 Å². The van der Waals surface area contributed by atoms with Gasteiger partial charge in [-0.25, -0.2) is 0 Å². The average Bonchev–Trinajstić information content (AvgIpc) is 3.19. The van der Waals surface area contributed by atoms with Crippen LogP contribution in [0.4, 0.5) is 5.69 Å². The van der Waals surface area contributed by atoms with Crippen LogP contribution in [0.3, 0.4) is 0 Å². The summed E-state index contributed by atoms with van der Waals surface area (Å²) in [5, 5.41) is 0. The van der Waals surface area contributed by atoms with Crippen LogP contribution in [0, 0.1) is 5.92 Å². The van der Waals surface area contributed by atoms with Crippen LogP contribution < -0.4 is 10.6 Å². The Morgan fingerprint density at radius 3 is 2.28 bits per heavy atom. The molecule has 1 aromatic rings. The van der Waals surface area contributed by atoms with E-state index in [2.05, 4.69) is 49.9 Å². The van der Waals surface area contributed by atoms with Gasteiger partial charge in [0.25, 0.3) is 0 Å². The normalized spacial score (nSPS) is 16.9. The molecule has 0 unspecified atom stereocenters. The first-order chi connectivity index (χ1) is 8.61. The van der Waals surface area contributed by atoms with Crippen LogP contribution in [0.1, 0.15) is 51.6 Å². The van der Waals surface area contributed by atoms with Crippen molar-refractivity contribution in [2.75, 3.05) is 11.4 Å². The minimum atomic E-state index is 0.176. The molecule has 18 heavy (non-hydrogen) atoms. The van der Waals surface area contributed by atoms with E-state index < -0.39 is 0 Å². The number of rotatable bonds is 6. The molecule has 0 heterocycles. The molecule has 2 heteroatoms. The van der Waals surface area contributed by atoms with E-state index >= 15 is 0 Å². The van der Waals surface area contributed by atoms with Gasteiger partial charge in [-0.15, -0.1) is 0 Å². The van der Waals surface area contributed by atoms with E-state index in [1.165, 1.54) is 30.6 Å². The third-order valence-electron chi connectivity index (χ3n) is 3.87. The Labute approximate surface area is 111 Å². The maximum absolute atomic E-state index is 6.06. The van der Waals surface area contributed by atoms with Crippen molar-refractivity contribution < 1.29 is 0 Å². The number of benzene rings is 1. The van der Waals surface area contributed by atoms with E-state index in [9.17, 15) is 0 Å². The van der Waals surface area contributed by atoms with Gasteiger partial charge < -0.3 is 10.6 Å². The Bertz CT molecular complexity index is 365. The Balaban J connectivity index is 2.09. The predicted octanol–water partition coefficient (Wildman–Crippen LogP) is 3.72. The second-order valence-corrected chi connectivity index (χ2v) is 5.80. The minimum Gasteiger partial charge on any atom is -0.369 e. The zero-order valence-corrected chi connectivity index (χ0v) is 11.9. The molecule has 0 saturated heterocycles. The molecule has 0 amide bonds. The molecule has 0 bridgehead atoms. The van der Waals surface area contributed by atoms with Crippen molar-refractivity contribution in [3.8, 4) is 0 Å². The lowest BCUT2D eigenvalue weighted by Crippen LogP contribution is -2.32. The van der Waals surface area contributed by atoms with E-state index in [4.69, 9.17) is 5.73 Å². The number of hydrogen-bond acceptors (Lipinski definition) is 2. The van der Waals surface area contributed by atoms with Gasteiger partial charge in [0.2, 0.25) is 0 Å². The van der Waals surface area contributed by atoms with Crippen LogP contribution in [-0.4, -0.2) is 12.6 Å². The van der Waals surface area contributed by atoms with Crippen molar-refractivity contribution in [3.05, 3.63) is 29.8 Å². The topological polar surface area (TPSA) is 29.3 Å². The molecule has 0 aliphatic heterocycles. The third kappa shape index (κ3) is 3.26. The van der Waals surface area contributed by atoms with Gasteiger partial charge in [0.1, 0.15) is 0 Å². The largest absolute Gasteiger partial charge is 0.369 e. The fourth-order valence-corrected chi connectivity index (χ4v) is 2.34. The molecule has 0 spiro atoms. The molecule has 2 N–H and O–H groups in total. The number of nitrogens with two attached hydrogens (primary N) is 1. The van der Waals surface area contributed by atoms with Gasteiger partial charge in [-0.05, 0) is 56.7 Å². The lowest BCUT2D eigenvalue weighted by Gasteiger charge is -2.29. The number of hydrogen-bond donors (Lipinski definition) is 1. The molecule has 1 atom stereocenters. The van der Waals surface area contributed by atoms with E-state index in [0.29, 0.717) is 6.04 Å². The summed E-state index contributed by atoms with van der Waals surface area (Å²) in [7, 11) is 0. The maximum atomic E-state index is 6.06. The zero-order valence-electron chi connectivity index (χ0n) is 11.9. The molecule has 0 radical (unpaired) electrons. The van der Waals surface area contributed by atoms with Crippen molar-refractivity contribution in [2.45, 2.75) is 52.1 Å². The fraction of sp³-hybridized carbons (Fsp3) is 0.625. The summed E-state index contributed by atoms with van der Waals surface area (Å²) in [4.78, 5) is 2.51. The lowest BCUT2D eigenvalue weighted by atomic mass is 10.0. The standard InChI is InChI=1S/C16H26N2/c1-4-16(17)14-7-9-15(10-8-14)18(12(2)3)11-13-5-6-13/h7-10,12-13,16H,4-6,11,17H2,1-3H3/t16-/m1/s1. The highest BCUT2D eigenvalue weighted by atomic mass is 15.2. The SMILES string of the molecule is CC[C@@H](N)c1ccc(N(CC2CC2)C(C)C)cc1. The summed E-state index contributed by atoms with van der Waals surface area (Å²) in [6.07, 6.45) is 3.80. The minimum absolute atomic E-state index is 0.176. The predicted molar refractivity (Wildman–Crippen MR) is 78.9 cm³/mol. The van der Waals surface area contributed by atoms with Gasteiger partial charge in [-0.2, -0.15) is 0 Å². The first-order valence-corrected chi connectivity index (χ1v) is 7.24. The molecule has 100 valence electrons. The fourth-order valence-electron chi connectivity index (χ4n) is 2.34. The number of anilines is 1. The maximum Gasteiger partial charge on any atom is 0.0368 e. The molecule has 1 aliphatic rings.